The summed E-state index contributed by atoms with van der Waals surface area (Å²) >= 11 is 0. The molecule has 1 aliphatic heterocycles. The molecular formula is C16H21NO5. The van der Waals surface area contributed by atoms with E-state index in [1.54, 1.807) is 13.8 Å². The van der Waals surface area contributed by atoms with Crippen molar-refractivity contribution in [2.45, 2.75) is 26.1 Å². The smallest absolute Gasteiger partial charge is 0.410 e. The average molecular weight is 307 g/mol. The lowest BCUT2D eigenvalue weighted by Crippen LogP contribution is -2.71. The third-order valence-corrected chi connectivity index (χ3v) is 4.23. The summed E-state index contributed by atoms with van der Waals surface area (Å²) < 4.78 is 9.89. The number of ether oxygens (including phenoxy) is 2. The van der Waals surface area contributed by atoms with Crippen LogP contribution in [0.4, 0.5) is 4.79 Å². The summed E-state index contributed by atoms with van der Waals surface area (Å²) in [4.78, 5) is 25.0. The van der Waals surface area contributed by atoms with E-state index in [4.69, 9.17) is 9.47 Å². The Morgan fingerprint density at radius 2 is 1.86 bits per heavy atom. The van der Waals surface area contributed by atoms with Gasteiger partial charge in [-0.25, -0.2) is 4.79 Å². The Morgan fingerprint density at radius 1 is 1.27 bits per heavy atom. The minimum absolute atomic E-state index is 0.0444. The van der Waals surface area contributed by atoms with Crippen molar-refractivity contribution in [3.63, 3.8) is 0 Å². The monoisotopic (exact) mass is 307 g/mol. The summed E-state index contributed by atoms with van der Waals surface area (Å²) in [5.74, 6) is -0.507. The van der Waals surface area contributed by atoms with E-state index in [1.807, 2.05) is 30.3 Å². The van der Waals surface area contributed by atoms with Gasteiger partial charge in [0.15, 0.2) is 0 Å². The van der Waals surface area contributed by atoms with Gasteiger partial charge in [0.05, 0.1) is 25.6 Å². The van der Waals surface area contributed by atoms with Crippen molar-refractivity contribution in [1.82, 2.24) is 4.90 Å². The van der Waals surface area contributed by atoms with Crippen molar-refractivity contribution < 1.29 is 24.2 Å². The van der Waals surface area contributed by atoms with Gasteiger partial charge in [-0.15, -0.1) is 0 Å². The number of β-amino-alcohol motifs (C(OH)–C–C–N with tert-alkyl or cyclic N) is 1. The summed E-state index contributed by atoms with van der Waals surface area (Å²) in [7, 11) is 1.28. The topological polar surface area (TPSA) is 76.1 Å². The molecule has 1 fully saturated rings. The fourth-order valence-electron chi connectivity index (χ4n) is 2.37. The van der Waals surface area contributed by atoms with Gasteiger partial charge in [0.2, 0.25) is 0 Å². The standard InChI is InChI=1S/C16H21NO5/c1-15(2,13(18)21-3)16(20)10-17(11-16)14(19)22-9-12-7-5-4-6-8-12/h4-8,20H,9-11H2,1-3H3. The first-order valence-corrected chi connectivity index (χ1v) is 7.06. The third kappa shape index (κ3) is 2.92. The van der Waals surface area contributed by atoms with E-state index in [0.29, 0.717) is 0 Å². The minimum Gasteiger partial charge on any atom is -0.469 e. The summed E-state index contributed by atoms with van der Waals surface area (Å²) in [5.41, 5.74) is -1.49. The van der Waals surface area contributed by atoms with Gasteiger partial charge in [-0.1, -0.05) is 30.3 Å². The molecule has 1 N–H and O–H groups in total. The van der Waals surface area contributed by atoms with Crippen LogP contribution in [0, 0.1) is 5.41 Å². The van der Waals surface area contributed by atoms with Gasteiger partial charge < -0.3 is 19.5 Å². The molecular weight excluding hydrogens is 286 g/mol. The van der Waals surface area contributed by atoms with Crippen LogP contribution in [0.1, 0.15) is 19.4 Å². The van der Waals surface area contributed by atoms with Crippen molar-refractivity contribution >= 4 is 12.1 Å². The molecule has 0 aromatic heterocycles. The molecule has 1 aliphatic rings. The Hall–Kier alpha value is -2.08. The first kappa shape index (κ1) is 16.3. The molecule has 0 spiro atoms. The molecule has 120 valence electrons. The van der Waals surface area contributed by atoms with Gasteiger partial charge in [-0.05, 0) is 19.4 Å². The van der Waals surface area contributed by atoms with Gasteiger partial charge in [0.1, 0.15) is 12.2 Å². The zero-order valence-corrected chi connectivity index (χ0v) is 13.0. The second-order valence-electron chi connectivity index (χ2n) is 6.04. The highest BCUT2D eigenvalue weighted by Crippen LogP contribution is 2.39. The van der Waals surface area contributed by atoms with Gasteiger partial charge in [0, 0.05) is 0 Å². The number of benzene rings is 1. The largest absolute Gasteiger partial charge is 0.469 e. The molecule has 1 heterocycles. The molecule has 1 amide bonds. The Morgan fingerprint density at radius 3 is 2.41 bits per heavy atom. The molecule has 2 rings (SSSR count). The number of nitrogens with zero attached hydrogens (tertiary/aromatic N) is 1. The number of esters is 1. The Labute approximate surface area is 129 Å². The summed E-state index contributed by atoms with van der Waals surface area (Å²) in [6.07, 6.45) is -0.505. The molecule has 0 bridgehead atoms. The van der Waals surface area contributed by atoms with Crippen LogP contribution in [-0.4, -0.2) is 47.9 Å². The van der Waals surface area contributed by atoms with E-state index in [1.165, 1.54) is 12.0 Å². The molecule has 0 radical (unpaired) electrons. The van der Waals surface area contributed by atoms with Crippen LogP contribution in [0.3, 0.4) is 0 Å². The molecule has 22 heavy (non-hydrogen) atoms. The van der Waals surface area contributed by atoms with E-state index in [0.717, 1.165) is 5.56 Å². The number of carbonyl (C=O) groups excluding carboxylic acids is 2. The third-order valence-electron chi connectivity index (χ3n) is 4.23. The fourth-order valence-corrected chi connectivity index (χ4v) is 2.37. The first-order chi connectivity index (χ1) is 10.3. The SMILES string of the molecule is COC(=O)C(C)(C)C1(O)CN(C(=O)OCc2ccccc2)C1. The number of methoxy groups -OCH3 is 1. The summed E-state index contributed by atoms with van der Waals surface area (Å²) in [6, 6.07) is 9.34. The molecule has 6 heteroatoms. The van der Waals surface area contributed by atoms with Crippen molar-refractivity contribution in [2.24, 2.45) is 5.41 Å². The van der Waals surface area contributed by atoms with Crippen LogP contribution in [-0.2, 0) is 20.9 Å². The first-order valence-electron chi connectivity index (χ1n) is 7.06. The summed E-state index contributed by atoms with van der Waals surface area (Å²) in [6.45, 7) is 3.47. The Kier molecular flexibility index (Phi) is 4.42. The number of hydrogen-bond donors (Lipinski definition) is 1. The predicted octanol–water partition coefficient (Wildman–Crippen LogP) is 1.57. The van der Waals surface area contributed by atoms with Crippen molar-refractivity contribution in [1.29, 1.82) is 0 Å². The van der Waals surface area contributed by atoms with Crippen molar-refractivity contribution in [3.8, 4) is 0 Å². The maximum absolute atomic E-state index is 11.9. The van der Waals surface area contributed by atoms with E-state index in [9.17, 15) is 14.7 Å². The van der Waals surface area contributed by atoms with Crippen LogP contribution in [0.25, 0.3) is 0 Å². The Bertz CT molecular complexity index is 549. The number of likely N-dealkylation sites (tertiary alicyclic amines) is 1. The molecule has 0 aliphatic carbocycles. The normalized spacial score (nSPS) is 16.6. The van der Waals surface area contributed by atoms with Gasteiger partial charge >= 0.3 is 12.1 Å². The molecule has 6 nitrogen and oxygen atoms in total. The molecule has 1 aromatic carbocycles. The molecule has 0 atom stereocenters. The maximum atomic E-state index is 11.9. The van der Waals surface area contributed by atoms with E-state index in [-0.39, 0.29) is 19.7 Å². The van der Waals surface area contributed by atoms with Gasteiger partial charge in [-0.3, -0.25) is 4.79 Å². The summed E-state index contributed by atoms with van der Waals surface area (Å²) in [5, 5.41) is 10.5. The Balaban J connectivity index is 1.87. The number of rotatable bonds is 4. The number of carbonyl (C=O) groups is 2. The number of hydrogen-bond acceptors (Lipinski definition) is 5. The highest BCUT2D eigenvalue weighted by molar-refractivity contribution is 5.79. The fraction of sp³-hybridized carbons (Fsp3) is 0.500. The van der Waals surface area contributed by atoms with Crippen LogP contribution in [0.2, 0.25) is 0 Å². The second-order valence-corrected chi connectivity index (χ2v) is 6.04. The maximum Gasteiger partial charge on any atom is 0.410 e. The lowest BCUT2D eigenvalue weighted by atomic mass is 9.70. The molecule has 0 saturated carbocycles. The molecule has 1 saturated heterocycles. The van der Waals surface area contributed by atoms with Crippen molar-refractivity contribution in [3.05, 3.63) is 35.9 Å². The highest BCUT2D eigenvalue weighted by Gasteiger charge is 2.58. The van der Waals surface area contributed by atoms with Crippen LogP contribution in [0.15, 0.2) is 30.3 Å². The lowest BCUT2D eigenvalue weighted by molar-refractivity contribution is -0.191. The zero-order chi connectivity index (χ0) is 16.4. The van der Waals surface area contributed by atoms with Gasteiger partial charge in [-0.2, -0.15) is 0 Å². The predicted molar refractivity (Wildman–Crippen MR) is 78.9 cm³/mol. The molecule has 1 aromatic rings. The van der Waals surface area contributed by atoms with Crippen LogP contribution < -0.4 is 0 Å². The zero-order valence-electron chi connectivity index (χ0n) is 13.0. The van der Waals surface area contributed by atoms with E-state index < -0.39 is 23.1 Å². The van der Waals surface area contributed by atoms with E-state index >= 15 is 0 Å². The average Bonchev–Trinajstić information content (AvgIpc) is 2.49. The number of amides is 1. The quantitative estimate of drug-likeness (QED) is 0.855. The lowest BCUT2D eigenvalue weighted by Gasteiger charge is -2.52. The minimum atomic E-state index is -1.30. The van der Waals surface area contributed by atoms with Crippen molar-refractivity contribution in [2.75, 3.05) is 20.2 Å². The highest BCUT2D eigenvalue weighted by atomic mass is 16.6. The van der Waals surface area contributed by atoms with Crippen LogP contribution >= 0.6 is 0 Å². The van der Waals surface area contributed by atoms with E-state index in [2.05, 4.69) is 0 Å². The number of aliphatic hydroxyl groups is 1. The molecule has 0 unspecified atom stereocenters. The second kappa shape index (κ2) is 5.96. The van der Waals surface area contributed by atoms with Crippen LogP contribution in [0.5, 0.6) is 0 Å². The van der Waals surface area contributed by atoms with Gasteiger partial charge in [0.25, 0.3) is 0 Å².